The van der Waals surface area contributed by atoms with E-state index >= 15 is 0 Å². The van der Waals surface area contributed by atoms with Gasteiger partial charge in [0.1, 0.15) is 5.82 Å². The Bertz CT molecular complexity index is 522. The molecule has 1 N–H and O–H groups in total. The van der Waals surface area contributed by atoms with Gasteiger partial charge in [-0.15, -0.1) is 0 Å². The van der Waals surface area contributed by atoms with Crippen molar-refractivity contribution in [1.29, 1.82) is 0 Å². The van der Waals surface area contributed by atoms with E-state index in [0.29, 0.717) is 11.8 Å². The molecule has 23 heavy (non-hydrogen) atoms. The van der Waals surface area contributed by atoms with Crippen LogP contribution < -0.4 is 0 Å². The molecule has 2 heterocycles. The number of benzene rings is 1. The van der Waals surface area contributed by atoms with Crippen LogP contribution in [0.4, 0.5) is 4.39 Å². The summed E-state index contributed by atoms with van der Waals surface area (Å²) < 4.78 is 13.6. The molecule has 2 saturated heterocycles. The number of aliphatic hydroxyl groups is 1. The number of hydrogen-bond acceptors (Lipinski definition) is 3. The van der Waals surface area contributed by atoms with Gasteiger partial charge in [-0.05, 0) is 55.5 Å². The van der Waals surface area contributed by atoms with Crippen LogP contribution in [0.3, 0.4) is 0 Å². The van der Waals surface area contributed by atoms with Gasteiger partial charge < -0.3 is 10.0 Å². The largest absolute Gasteiger partial charge is 0.396 e. The zero-order valence-corrected chi connectivity index (χ0v) is 14.3. The molecule has 3 nitrogen and oxygen atoms in total. The second-order valence-corrected chi connectivity index (χ2v) is 7.41. The average molecular weight is 341 g/mol. The molecule has 2 fully saturated rings. The standard InChI is InChI=1S/C18H26ClFN2O/c19-17-5-4-14(8-18(17)20)9-22-11-15(16(12-22)13-23)10-21-6-2-1-3-7-21/h4-5,8,15-16,23H,1-3,6-7,9-13H2/t15-,16-/m1/s1. The summed E-state index contributed by atoms with van der Waals surface area (Å²) in [5, 5.41) is 9.88. The Balaban J connectivity index is 1.58. The summed E-state index contributed by atoms with van der Waals surface area (Å²) in [5.74, 6) is 0.483. The van der Waals surface area contributed by atoms with Crippen molar-refractivity contribution in [1.82, 2.24) is 9.80 Å². The molecule has 0 spiro atoms. The monoisotopic (exact) mass is 340 g/mol. The van der Waals surface area contributed by atoms with Crippen LogP contribution in [0.25, 0.3) is 0 Å². The molecule has 5 heteroatoms. The van der Waals surface area contributed by atoms with Gasteiger partial charge in [0.15, 0.2) is 0 Å². The van der Waals surface area contributed by atoms with Gasteiger partial charge in [-0.1, -0.05) is 24.1 Å². The van der Waals surface area contributed by atoms with Crippen molar-refractivity contribution < 1.29 is 9.50 Å². The zero-order valence-electron chi connectivity index (χ0n) is 13.6. The molecule has 0 bridgehead atoms. The first-order valence-electron chi connectivity index (χ1n) is 8.65. The van der Waals surface area contributed by atoms with Gasteiger partial charge in [0.05, 0.1) is 5.02 Å². The van der Waals surface area contributed by atoms with Gasteiger partial charge in [-0.25, -0.2) is 4.39 Å². The summed E-state index contributed by atoms with van der Waals surface area (Å²) in [6.45, 7) is 6.29. The normalized spacial score (nSPS) is 26.7. The Morgan fingerprint density at radius 2 is 1.83 bits per heavy atom. The van der Waals surface area contributed by atoms with Crippen molar-refractivity contribution in [3.8, 4) is 0 Å². The minimum atomic E-state index is -0.355. The van der Waals surface area contributed by atoms with Crippen LogP contribution in [0.15, 0.2) is 18.2 Å². The molecule has 0 radical (unpaired) electrons. The van der Waals surface area contributed by atoms with Crippen LogP contribution in [-0.2, 0) is 6.54 Å². The molecule has 0 aromatic heterocycles. The van der Waals surface area contributed by atoms with E-state index in [9.17, 15) is 9.50 Å². The van der Waals surface area contributed by atoms with E-state index in [4.69, 9.17) is 11.6 Å². The topological polar surface area (TPSA) is 26.7 Å². The summed E-state index contributed by atoms with van der Waals surface area (Å²) >= 11 is 5.75. The van der Waals surface area contributed by atoms with Crippen molar-refractivity contribution in [2.75, 3.05) is 39.3 Å². The van der Waals surface area contributed by atoms with Crippen LogP contribution >= 0.6 is 11.6 Å². The minimum Gasteiger partial charge on any atom is -0.396 e. The molecular weight excluding hydrogens is 315 g/mol. The van der Waals surface area contributed by atoms with E-state index in [1.54, 1.807) is 6.07 Å². The summed E-state index contributed by atoms with van der Waals surface area (Å²) in [4.78, 5) is 4.88. The second-order valence-electron chi connectivity index (χ2n) is 7.01. The zero-order chi connectivity index (χ0) is 16.2. The highest BCUT2D eigenvalue weighted by molar-refractivity contribution is 6.30. The lowest BCUT2D eigenvalue weighted by Crippen LogP contribution is -2.37. The smallest absolute Gasteiger partial charge is 0.142 e. The molecule has 0 saturated carbocycles. The van der Waals surface area contributed by atoms with E-state index in [1.165, 1.54) is 38.4 Å². The summed E-state index contributed by atoms with van der Waals surface area (Å²) in [7, 11) is 0. The van der Waals surface area contributed by atoms with Crippen molar-refractivity contribution in [3.63, 3.8) is 0 Å². The van der Waals surface area contributed by atoms with Crippen LogP contribution in [0.1, 0.15) is 24.8 Å². The molecule has 0 aliphatic carbocycles. The highest BCUT2D eigenvalue weighted by Gasteiger charge is 2.33. The third-order valence-electron chi connectivity index (χ3n) is 5.22. The van der Waals surface area contributed by atoms with Gasteiger partial charge >= 0.3 is 0 Å². The van der Waals surface area contributed by atoms with Crippen LogP contribution in [0.5, 0.6) is 0 Å². The Kier molecular flexibility index (Phi) is 5.91. The van der Waals surface area contributed by atoms with Gasteiger partial charge in [0.25, 0.3) is 0 Å². The van der Waals surface area contributed by atoms with E-state index in [0.717, 1.165) is 31.7 Å². The fraction of sp³-hybridized carbons (Fsp3) is 0.667. The molecule has 2 atom stereocenters. The lowest BCUT2D eigenvalue weighted by Gasteiger charge is -2.30. The average Bonchev–Trinajstić information content (AvgIpc) is 2.93. The number of piperidine rings is 1. The van der Waals surface area contributed by atoms with Gasteiger partial charge in [0.2, 0.25) is 0 Å². The Labute approximate surface area is 143 Å². The van der Waals surface area contributed by atoms with E-state index < -0.39 is 0 Å². The molecule has 0 unspecified atom stereocenters. The van der Waals surface area contributed by atoms with Gasteiger partial charge in [0, 0.05) is 32.8 Å². The molecule has 3 rings (SSSR count). The maximum absolute atomic E-state index is 13.6. The third kappa shape index (κ3) is 4.44. The summed E-state index contributed by atoms with van der Waals surface area (Å²) in [6.07, 6.45) is 3.94. The first-order chi connectivity index (χ1) is 11.2. The lowest BCUT2D eigenvalue weighted by atomic mass is 9.95. The summed E-state index contributed by atoms with van der Waals surface area (Å²) in [5.41, 5.74) is 0.946. The Morgan fingerprint density at radius 3 is 2.52 bits per heavy atom. The van der Waals surface area contributed by atoms with Crippen molar-refractivity contribution in [2.24, 2.45) is 11.8 Å². The summed E-state index contributed by atoms with van der Waals surface area (Å²) in [6, 6.07) is 5.03. The molecule has 2 aliphatic heterocycles. The van der Waals surface area contributed by atoms with Crippen LogP contribution in [-0.4, -0.2) is 54.2 Å². The van der Waals surface area contributed by atoms with Crippen molar-refractivity contribution in [3.05, 3.63) is 34.6 Å². The molecule has 1 aromatic rings. The number of nitrogens with zero attached hydrogens (tertiary/aromatic N) is 2. The Hall–Kier alpha value is -0.680. The molecular formula is C18H26ClFN2O. The molecule has 2 aliphatic rings. The SMILES string of the molecule is OC[C@H]1CN(Cc2ccc(Cl)c(F)c2)C[C@H]1CN1CCCCC1. The predicted molar refractivity (Wildman–Crippen MR) is 91.0 cm³/mol. The number of rotatable bonds is 5. The van der Waals surface area contributed by atoms with Crippen LogP contribution in [0.2, 0.25) is 5.02 Å². The number of aliphatic hydroxyl groups excluding tert-OH is 1. The molecule has 0 amide bonds. The predicted octanol–water partition coefficient (Wildman–Crippen LogP) is 3.01. The van der Waals surface area contributed by atoms with E-state index in [2.05, 4.69) is 9.80 Å². The fourth-order valence-electron chi connectivity index (χ4n) is 3.95. The quantitative estimate of drug-likeness (QED) is 0.892. The van der Waals surface area contributed by atoms with Gasteiger partial charge in [-0.2, -0.15) is 0 Å². The molecule has 1 aromatic carbocycles. The first-order valence-corrected chi connectivity index (χ1v) is 9.03. The van der Waals surface area contributed by atoms with Crippen molar-refractivity contribution in [2.45, 2.75) is 25.8 Å². The number of likely N-dealkylation sites (tertiary alicyclic amines) is 2. The molecule has 128 valence electrons. The third-order valence-corrected chi connectivity index (χ3v) is 5.52. The maximum atomic E-state index is 13.6. The van der Waals surface area contributed by atoms with Crippen molar-refractivity contribution >= 4 is 11.6 Å². The second kappa shape index (κ2) is 7.93. The number of halogens is 2. The number of hydrogen-bond donors (Lipinski definition) is 1. The minimum absolute atomic E-state index is 0.173. The highest BCUT2D eigenvalue weighted by atomic mass is 35.5. The first kappa shape index (κ1) is 17.2. The van der Waals surface area contributed by atoms with Crippen LogP contribution in [0, 0.1) is 17.7 Å². The maximum Gasteiger partial charge on any atom is 0.142 e. The Morgan fingerprint density at radius 1 is 1.09 bits per heavy atom. The fourth-order valence-corrected chi connectivity index (χ4v) is 4.07. The van der Waals surface area contributed by atoms with Gasteiger partial charge in [-0.3, -0.25) is 4.90 Å². The lowest BCUT2D eigenvalue weighted by molar-refractivity contribution is 0.149. The van der Waals surface area contributed by atoms with E-state index in [1.807, 2.05) is 6.07 Å². The highest BCUT2D eigenvalue weighted by Crippen LogP contribution is 2.27. The van der Waals surface area contributed by atoms with E-state index in [-0.39, 0.29) is 17.4 Å².